The quantitative estimate of drug-likeness (QED) is 0.0321. The smallest absolute Gasteiger partial charge is 0.306 e. The minimum atomic E-state index is -0.791. The predicted octanol–water partition coefficient (Wildman–Crippen LogP) is 19.0. The molecule has 0 aromatic rings. The molecule has 3 N–H and O–H groups in total. The van der Waals surface area contributed by atoms with Crippen molar-refractivity contribution in [3.63, 3.8) is 0 Å². The van der Waals surface area contributed by atoms with Crippen molar-refractivity contribution < 1.29 is 24.5 Å². The fraction of sp³-hybridized carbons (Fsp3) is 0.903. The zero-order chi connectivity index (χ0) is 49.5. The van der Waals surface area contributed by atoms with Crippen LogP contribution in [-0.4, -0.2) is 46.9 Å². The third kappa shape index (κ3) is 50.7. The Morgan fingerprint density at radius 2 is 0.706 bits per heavy atom. The van der Waals surface area contributed by atoms with Gasteiger partial charge in [0.25, 0.3) is 0 Å². The molecule has 0 bridgehead atoms. The van der Waals surface area contributed by atoms with Crippen LogP contribution in [0.5, 0.6) is 0 Å². The molecule has 402 valence electrons. The van der Waals surface area contributed by atoms with Gasteiger partial charge in [-0.25, -0.2) is 0 Å². The number of aliphatic hydroxyl groups is 2. The lowest BCUT2D eigenvalue weighted by Crippen LogP contribution is -2.46. The number of allylic oxidation sites excluding steroid dienone is 4. The molecule has 0 aliphatic carbocycles. The summed E-state index contributed by atoms with van der Waals surface area (Å²) in [6.07, 6.45) is 66.8. The molecule has 6 nitrogen and oxygen atoms in total. The second-order valence-corrected chi connectivity index (χ2v) is 21.1. The lowest BCUT2D eigenvalue weighted by molar-refractivity contribution is -0.151. The van der Waals surface area contributed by atoms with Gasteiger partial charge in [-0.05, 0) is 77.0 Å². The maximum Gasteiger partial charge on any atom is 0.306 e. The van der Waals surface area contributed by atoms with Crippen molar-refractivity contribution in [2.24, 2.45) is 0 Å². The van der Waals surface area contributed by atoms with Gasteiger partial charge in [-0.3, -0.25) is 9.59 Å². The Bertz CT molecular complexity index is 1080. The molecule has 1 amide bonds. The Morgan fingerprint density at radius 3 is 1.06 bits per heavy atom. The number of aliphatic hydroxyl groups excluding tert-OH is 2. The number of hydrogen-bond acceptors (Lipinski definition) is 5. The molecule has 0 spiro atoms. The monoisotopic (exact) mass is 958 g/mol. The minimum Gasteiger partial charge on any atom is -0.462 e. The van der Waals surface area contributed by atoms with Gasteiger partial charge >= 0.3 is 5.97 Å². The Hall–Kier alpha value is -1.66. The first-order valence-corrected chi connectivity index (χ1v) is 30.6. The summed E-state index contributed by atoms with van der Waals surface area (Å²) in [7, 11) is 0. The maximum absolute atomic E-state index is 13.3. The van der Waals surface area contributed by atoms with Crippen LogP contribution < -0.4 is 5.32 Å². The lowest BCUT2D eigenvalue weighted by atomic mass is 10.0. The van der Waals surface area contributed by atoms with Gasteiger partial charge in [-0.1, -0.05) is 270 Å². The van der Waals surface area contributed by atoms with Crippen molar-refractivity contribution in [1.82, 2.24) is 5.32 Å². The molecule has 0 radical (unpaired) electrons. The Labute approximate surface area is 424 Å². The fourth-order valence-electron chi connectivity index (χ4n) is 9.60. The zero-order valence-corrected chi connectivity index (χ0v) is 46.0. The van der Waals surface area contributed by atoms with E-state index < -0.39 is 18.2 Å². The number of amides is 1. The lowest BCUT2D eigenvalue weighted by Gasteiger charge is -2.24. The van der Waals surface area contributed by atoms with Gasteiger partial charge in [0.1, 0.15) is 6.10 Å². The number of unbranched alkanes of at least 4 members (excludes halogenated alkanes) is 40. The Balaban J connectivity index is 4.50. The summed E-state index contributed by atoms with van der Waals surface area (Å²) in [6, 6.07) is -0.706. The summed E-state index contributed by atoms with van der Waals surface area (Å²) >= 11 is 0. The number of carbonyl (C=O) groups excluding carboxylic acids is 2. The van der Waals surface area contributed by atoms with Crippen LogP contribution in [0.2, 0.25) is 0 Å². The molecule has 0 aliphatic rings. The van der Waals surface area contributed by atoms with E-state index in [9.17, 15) is 19.8 Å². The largest absolute Gasteiger partial charge is 0.462 e. The molecule has 0 fully saturated rings. The highest BCUT2D eigenvalue weighted by Crippen LogP contribution is 2.19. The standard InChI is InChI=1S/C62H119NO5/c1-4-7-10-13-16-19-22-25-28-30-32-34-37-40-43-46-49-52-55-62(67)68-58(53-50-47-44-41-38-35-27-24-21-18-15-12-9-6-3)56-61(66)63-59(57-64)60(65)54-51-48-45-42-39-36-33-31-29-26-23-20-17-14-11-8-5-2/h32,34-35,38,58-60,64-65H,4-31,33,36-37,39-57H2,1-3H3,(H,63,66)/b34-32+,38-35+. The number of esters is 1. The molecule has 0 aliphatic heterocycles. The Kier molecular flexibility index (Phi) is 54.9. The molecule has 3 unspecified atom stereocenters. The molecule has 3 atom stereocenters. The van der Waals surface area contributed by atoms with Gasteiger partial charge < -0.3 is 20.3 Å². The van der Waals surface area contributed by atoms with Crippen molar-refractivity contribution >= 4 is 11.9 Å². The van der Waals surface area contributed by atoms with Crippen LogP contribution in [0.3, 0.4) is 0 Å². The summed E-state index contributed by atoms with van der Waals surface area (Å²) in [5.41, 5.74) is 0. The van der Waals surface area contributed by atoms with Crippen molar-refractivity contribution in [2.75, 3.05) is 6.61 Å². The van der Waals surface area contributed by atoms with Crippen molar-refractivity contribution in [3.8, 4) is 0 Å². The number of ether oxygens (including phenoxy) is 1. The average Bonchev–Trinajstić information content (AvgIpc) is 3.33. The minimum absolute atomic E-state index is 0.0685. The summed E-state index contributed by atoms with van der Waals surface area (Å²) in [5, 5.41) is 23.9. The summed E-state index contributed by atoms with van der Waals surface area (Å²) < 4.78 is 5.96. The van der Waals surface area contributed by atoms with Gasteiger partial charge in [0.2, 0.25) is 5.91 Å². The predicted molar refractivity (Wildman–Crippen MR) is 296 cm³/mol. The van der Waals surface area contributed by atoms with Crippen LogP contribution in [0.1, 0.15) is 335 Å². The normalized spacial score (nSPS) is 13.2. The summed E-state index contributed by atoms with van der Waals surface area (Å²) in [6.45, 7) is 6.52. The highest BCUT2D eigenvalue weighted by Gasteiger charge is 2.24. The molecule has 0 aromatic carbocycles. The first kappa shape index (κ1) is 66.3. The zero-order valence-electron chi connectivity index (χ0n) is 46.0. The third-order valence-corrected chi connectivity index (χ3v) is 14.3. The highest BCUT2D eigenvalue weighted by atomic mass is 16.5. The maximum atomic E-state index is 13.3. The van der Waals surface area contributed by atoms with Crippen LogP contribution in [0.4, 0.5) is 0 Å². The topological polar surface area (TPSA) is 95.9 Å². The molecule has 0 aromatic heterocycles. The molecule has 0 heterocycles. The van der Waals surface area contributed by atoms with Gasteiger partial charge in [0.15, 0.2) is 0 Å². The second-order valence-electron chi connectivity index (χ2n) is 21.1. The van der Waals surface area contributed by atoms with Gasteiger partial charge in [0.05, 0.1) is 25.2 Å². The van der Waals surface area contributed by atoms with E-state index >= 15 is 0 Å². The van der Waals surface area contributed by atoms with Crippen LogP contribution in [0, 0.1) is 0 Å². The molecule has 0 rings (SSSR count). The second kappa shape index (κ2) is 56.3. The van der Waals surface area contributed by atoms with E-state index in [-0.39, 0.29) is 24.9 Å². The molecular weight excluding hydrogens is 839 g/mol. The van der Waals surface area contributed by atoms with E-state index in [1.807, 2.05) is 0 Å². The summed E-state index contributed by atoms with van der Waals surface area (Å²) in [4.78, 5) is 26.3. The highest BCUT2D eigenvalue weighted by molar-refractivity contribution is 5.77. The van der Waals surface area contributed by atoms with Crippen molar-refractivity contribution in [3.05, 3.63) is 24.3 Å². The molecule has 0 saturated heterocycles. The molecule has 6 heteroatoms. The Morgan fingerprint density at radius 1 is 0.412 bits per heavy atom. The number of nitrogens with one attached hydrogen (secondary N) is 1. The molecule has 0 saturated carbocycles. The first-order valence-electron chi connectivity index (χ1n) is 30.6. The van der Waals surface area contributed by atoms with E-state index in [0.717, 1.165) is 64.2 Å². The van der Waals surface area contributed by atoms with E-state index in [1.165, 1.54) is 225 Å². The first-order chi connectivity index (χ1) is 33.5. The van der Waals surface area contributed by atoms with Gasteiger partial charge in [-0.15, -0.1) is 0 Å². The van der Waals surface area contributed by atoms with Crippen LogP contribution >= 0.6 is 0 Å². The van der Waals surface area contributed by atoms with Gasteiger partial charge in [-0.2, -0.15) is 0 Å². The third-order valence-electron chi connectivity index (χ3n) is 14.3. The van der Waals surface area contributed by atoms with Crippen LogP contribution in [0.15, 0.2) is 24.3 Å². The summed E-state index contributed by atoms with van der Waals surface area (Å²) in [5.74, 6) is -0.480. The fourth-order valence-corrected chi connectivity index (χ4v) is 9.60. The average molecular weight is 959 g/mol. The number of hydrogen-bond donors (Lipinski definition) is 3. The number of rotatable bonds is 56. The van der Waals surface area contributed by atoms with Gasteiger partial charge in [0, 0.05) is 6.42 Å². The van der Waals surface area contributed by atoms with Crippen LogP contribution in [0.25, 0.3) is 0 Å². The number of carbonyl (C=O) groups is 2. The van der Waals surface area contributed by atoms with E-state index in [1.54, 1.807) is 0 Å². The molecule has 68 heavy (non-hydrogen) atoms. The van der Waals surface area contributed by atoms with E-state index in [0.29, 0.717) is 19.3 Å². The van der Waals surface area contributed by atoms with E-state index in [4.69, 9.17) is 4.74 Å². The molecular formula is C62H119NO5. The SMILES string of the molecule is CCCCCCCCC/C=C/CCCCCC(CC(=O)NC(CO)C(O)CCCCCCCCCCCCCCCCCCC)OC(=O)CCCCCCC/C=C/CCCCCCCCCCC. The van der Waals surface area contributed by atoms with Crippen LogP contribution in [-0.2, 0) is 14.3 Å². The van der Waals surface area contributed by atoms with Crippen molar-refractivity contribution in [1.29, 1.82) is 0 Å². The van der Waals surface area contributed by atoms with Crippen molar-refractivity contribution in [2.45, 2.75) is 354 Å². The van der Waals surface area contributed by atoms with E-state index in [2.05, 4.69) is 50.4 Å².